The van der Waals surface area contributed by atoms with Crippen molar-refractivity contribution in [3.63, 3.8) is 0 Å². The number of allylic oxidation sites excluding steroid dienone is 2. The SMILES string of the molecule is C=CCCCCC/C=C\[C@H](C#CC#C[Si](C)(C)C)OC(C)=O. The lowest BCUT2D eigenvalue weighted by molar-refractivity contribution is -0.142. The first-order valence-corrected chi connectivity index (χ1v) is 11.3. The fraction of sp³-hybridized carbons (Fsp3) is 0.526. The van der Waals surface area contributed by atoms with E-state index < -0.39 is 14.2 Å². The standard InChI is InChI=1S/C19H28O2Si/c1-6-7-8-9-10-11-12-15-19(21-18(2)20)16-13-14-17-22(3,4)5/h6,12,15,19H,1,7-11H2,2-5H3/b15-12-/t19-/m1/s1. The second-order valence-corrected chi connectivity index (χ2v) is 10.9. The summed E-state index contributed by atoms with van der Waals surface area (Å²) in [6.07, 6.45) is 10.8. The summed E-state index contributed by atoms with van der Waals surface area (Å²) < 4.78 is 5.16. The second kappa shape index (κ2) is 11.9. The molecule has 0 aromatic rings. The molecule has 120 valence electrons. The van der Waals surface area contributed by atoms with Crippen LogP contribution >= 0.6 is 0 Å². The van der Waals surface area contributed by atoms with Crippen LogP contribution in [0.25, 0.3) is 0 Å². The summed E-state index contributed by atoms with van der Waals surface area (Å²) in [7, 11) is -1.40. The zero-order chi connectivity index (χ0) is 16.8. The van der Waals surface area contributed by atoms with Crippen molar-refractivity contribution in [3.05, 3.63) is 24.8 Å². The van der Waals surface area contributed by atoms with Crippen LogP contribution in [-0.2, 0) is 9.53 Å². The van der Waals surface area contributed by atoms with Gasteiger partial charge in [0.1, 0.15) is 8.07 Å². The maximum Gasteiger partial charge on any atom is 0.304 e. The molecule has 0 unspecified atom stereocenters. The fourth-order valence-electron chi connectivity index (χ4n) is 1.57. The third-order valence-corrected chi connectivity index (χ3v) is 3.47. The van der Waals surface area contributed by atoms with Crippen molar-refractivity contribution in [1.29, 1.82) is 0 Å². The largest absolute Gasteiger partial charge is 0.445 e. The minimum atomic E-state index is -1.40. The molecule has 0 bridgehead atoms. The molecule has 0 spiro atoms. The van der Waals surface area contributed by atoms with E-state index in [-0.39, 0.29) is 5.97 Å². The Morgan fingerprint density at radius 1 is 1.18 bits per heavy atom. The van der Waals surface area contributed by atoms with Crippen molar-refractivity contribution in [2.45, 2.75) is 64.8 Å². The zero-order valence-electron chi connectivity index (χ0n) is 14.4. The van der Waals surface area contributed by atoms with E-state index in [1.165, 1.54) is 19.8 Å². The van der Waals surface area contributed by atoms with Crippen LogP contribution < -0.4 is 0 Å². The van der Waals surface area contributed by atoms with E-state index in [0.29, 0.717) is 0 Å². The van der Waals surface area contributed by atoms with E-state index in [1.54, 1.807) is 0 Å². The molecular weight excluding hydrogens is 288 g/mol. The van der Waals surface area contributed by atoms with Gasteiger partial charge >= 0.3 is 5.97 Å². The summed E-state index contributed by atoms with van der Waals surface area (Å²) in [5, 5.41) is 0. The Morgan fingerprint density at radius 3 is 2.45 bits per heavy atom. The van der Waals surface area contributed by atoms with Crippen LogP contribution in [0.15, 0.2) is 24.8 Å². The molecule has 0 amide bonds. The first-order chi connectivity index (χ1) is 10.3. The molecule has 0 saturated heterocycles. The average Bonchev–Trinajstić information content (AvgIpc) is 2.40. The van der Waals surface area contributed by atoms with Crippen molar-refractivity contribution in [1.82, 2.24) is 0 Å². The average molecular weight is 317 g/mol. The fourth-order valence-corrected chi connectivity index (χ4v) is 2.01. The van der Waals surface area contributed by atoms with E-state index >= 15 is 0 Å². The highest BCUT2D eigenvalue weighted by atomic mass is 28.3. The molecule has 0 rings (SSSR count). The van der Waals surface area contributed by atoms with Gasteiger partial charge in [-0.05, 0) is 49.5 Å². The highest BCUT2D eigenvalue weighted by Crippen LogP contribution is 2.05. The molecule has 0 radical (unpaired) electrons. The molecule has 22 heavy (non-hydrogen) atoms. The number of rotatable bonds is 8. The van der Waals surface area contributed by atoms with E-state index in [4.69, 9.17) is 4.74 Å². The maximum atomic E-state index is 11.1. The number of esters is 1. The van der Waals surface area contributed by atoms with Crippen molar-refractivity contribution in [2.24, 2.45) is 0 Å². The number of ether oxygens (including phenoxy) is 1. The number of hydrogen-bond acceptors (Lipinski definition) is 2. The third kappa shape index (κ3) is 14.7. The lowest BCUT2D eigenvalue weighted by Gasteiger charge is -2.05. The number of carbonyl (C=O) groups is 1. The normalized spacial score (nSPS) is 11.8. The van der Waals surface area contributed by atoms with Crippen LogP contribution in [0.1, 0.15) is 39.0 Å². The summed E-state index contributed by atoms with van der Waals surface area (Å²) in [6, 6.07) is 0. The van der Waals surface area contributed by atoms with Crippen LogP contribution in [-0.4, -0.2) is 20.1 Å². The first-order valence-electron chi connectivity index (χ1n) is 7.82. The predicted octanol–water partition coefficient (Wildman–Crippen LogP) is 4.50. The van der Waals surface area contributed by atoms with Gasteiger partial charge in [0.05, 0.1) is 0 Å². The van der Waals surface area contributed by atoms with Gasteiger partial charge in [0, 0.05) is 6.92 Å². The molecule has 0 aromatic carbocycles. The predicted molar refractivity (Wildman–Crippen MR) is 96.9 cm³/mol. The summed E-state index contributed by atoms with van der Waals surface area (Å²) in [6.45, 7) is 11.6. The zero-order valence-corrected chi connectivity index (χ0v) is 15.4. The molecule has 0 heterocycles. The molecule has 3 heteroatoms. The second-order valence-electron chi connectivity index (χ2n) is 6.15. The molecule has 0 saturated carbocycles. The molecule has 0 aromatic heterocycles. The molecule has 0 fully saturated rings. The summed E-state index contributed by atoms with van der Waals surface area (Å²) in [5.41, 5.74) is 3.17. The van der Waals surface area contributed by atoms with Gasteiger partial charge in [-0.3, -0.25) is 4.79 Å². The van der Waals surface area contributed by atoms with Gasteiger partial charge in [0.15, 0.2) is 6.10 Å². The molecular formula is C19H28O2Si. The Labute approximate surface area is 137 Å². The number of hydrogen-bond donors (Lipinski definition) is 0. The van der Waals surface area contributed by atoms with Gasteiger partial charge in [-0.2, -0.15) is 0 Å². The first kappa shape index (κ1) is 20.3. The highest BCUT2D eigenvalue weighted by molar-refractivity contribution is 6.83. The van der Waals surface area contributed by atoms with E-state index in [1.807, 2.05) is 18.2 Å². The Hall–Kier alpha value is -1.71. The van der Waals surface area contributed by atoms with Gasteiger partial charge in [0.2, 0.25) is 0 Å². The number of carbonyl (C=O) groups excluding carboxylic acids is 1. The lowest BCUT2D eigenvalue weighted by Crippen LogP contribution is -2.16. The molecule has 0 aliphatic heterocycles. The van der Waals surface area contributed by atoms with Gasteiger partial charge in [-0.25, -0.2) is 0 Å². The van der Waals surface area contributed by atoms with Crippen LogP contribution in [0.4, 0.5) is 0 Å². The molecule has 0 aliphatic rings. The monoisotopic (exact) mass is 316 g/mol. The lowest BCUT2D eigenvalue weighted by atomic mass is 10.1. The maximum absolute atomic E-state index is 11.1. The smallest absolute Gasteiger partial charge is 0.304 e. The van der Waals surface area contributed by atoms with Crippen molar-refractivity contribution in [2.75, 3.05) is 0 Å². The Balaban J connectivity index is 4.39. The van der Waals surface area contributed by atoms with E-state index in [2.05, 4.69) is 49.5 Å². The minimum absolute atomic E-state index is 0.326. The summed E-state index contributed by atoms with van der Waals surface area (Å²) in [4.78, 5) is 11.1. The molecule has 2 nitrogen and oxygen atoms in total. The molecule has 0 aliphatic carbocycles. The molecule has 0 N–H and O–H groups in total. The van der Waals surface area contributed by atoms with Gasteiger partial charge < -0.3 is 4.74 Å². The van der Waals surface area contributed by atoms with Gasteiger partial charge in [0.25, 0.3) is 0 Å². The van der Waals surface area contributed by atoms with Gasteiger partial charge in [-0.1, -0.05) is 38.2 Å². The highest BCUT2D eigenvalue weighted by Gasteiger charge is 2.07. The number of unbranched alkanes of at least 4 members (excludes halogenated alkanes) is 4. The van der Waals surface area contributed by atoms with E-state index in [9.17, 15) is 4.79 Å². The van der Waals surface area contributed by atoms with Crippen molar-refractivity contribution < 1.29 is 9.53 Å². The third-order valence-electron chi connectivity index (χ3n) is 2.60. The van der Waals surface area contributed by atoms with E-state index in [0.717, 1.165) is 19.3 Å². The minimum Gasteiger partial charge on any atom is -0.445 e. The van der Waals surface area contributed by atoms with Crippen molar-refractivity contribution >= 4 is 14.0 Å². The summed E-state index contributed by atoms with van der Waals surface area (Å²) >= 11 is 0. The van der Waals surface area contributed by atoms with Crippen LogP contribution in [0.2, 0.25) is 19.6 Å². The quantitative estimate of drug-likeness (QED) is 0.217. The van der Waals surface area contributed by atoms with Gasteiger partial charge in [-0.15, -0.1) is 12.1 Å². The Morgan fingerprint density at radius 2 is 1.86 bits per heavy atom. The van der Waals surface area contributed by atoms with Crippen LogP contribution in [0.3, 0.4) is 0 Å². The van der Waals surface area contributed by atoms with Crippen LogP contribution in [0.5, 0.6) is 0 Å². The van der Waals surface area contributed by atoms with Crippen LogP contribution in [0, 0.1) is 23.3 Å². The van der Waals surface area contributed by atoms with Crippen molar-refractivity contribution in [3.8, 4) is 23.3 Å². The Kier molecular flexibility index (Phi) is 11.0. The topological polar surface area (TPSA) is 26.3 Å². The summed E-state index contributed by atoms with van der Waals surface area (Å²) in [5.74, 6) is 8.23. The Bertz CT molecular complexity index is 489. The molecule has 1 atom stereocenters.